The van der Waals surface area contributed by atoms with E-state index in [1.807, 2.05) is 6.92 Å². The summed E-state index contributed by atoms with van der Waals surface area (Å²) in [4.78, 5) is 11.3. The minimum atomic E-state index is -3.92. The fourth-order valence-corrected chi connectivity index (χ4v) is 3.61. The molecule has 2 aromatic carbocycles. The van der Waals surface area contributed by atoms with Gasteiger partial charge in [0.2, 0.25) is 0 Å². The molecular formula is C15H13Cl2NO4S. The first-order valence-electron chi connectivity index (χ1n) is 6.41. The second-order valence-electron chi connectivity index (χ2n) is 4.71. The van der Waals surface area contributed by atoms with Crippen molar-refractivity contribution in [2.75, 3.05) is 11.8 Å². The van der Waals surface area contributed by atoms with Crippen LogP contribution in [0.5, 0.6) is 0 Å². The maximum absolute atomic E-state index is 12.4. The molecule has 0 amide bonds. The second kappa shape index (κ2) is 6.78. The lowest BCUT2D eigenvalue weighted by molar-refractivity contribution is 0.0600. The van der Waals surface area contributed by atoms with Crippen molar-refractivity contribution in [1.29, 1.82) is 0 Å². The quantitative estimate of drug-likeness (QED) is 0.825. The van der Waals surface area contributed by atoms with E-state index in [1.54, 1.807) is 12.1 Å². The Bertz CT molecular complexity index is 866. The Morgan fingerprint density at radius 1 is 1.09 bits per heavy atom. The smallest absolute Gasteiger partial charge is 0.337 e. The summed E-state index contributed by atoms with van der Waals surface area (Å²) in [5, 5.41) is 0.357. The molecule has 0 aliphatic heterocycles. The van der Waals surface area contributed by atoms with Gasteiger partial charge in [0.15, 0.2) is 0 Å². The molecule has 0 heterocycles. The molecule has 0 spiro atoms. The molecule has 1 N–H and O–H groups in total. The van der Waals surface area contributed by atoms with E-state index in [2.05, 4.69) is 9.46 Å². The van der Waals surface area contributed by atoms with Gasteiger partial charge in [-0.05, 0) is 42.8 Å². The molecule has 2 aromatic rings. The average molecular weight is 374 g/mol. The van der Waals surface area contributed by atoms with Crippen LogP contribution < -0.4 is 4.72 Å². The van der Waals surface area contributed by atoms with E-state index in [0.717, 1.165) is 5.56 Å². The number of rotatable bonds is 4. The third-order valence-electron chi connectivity index (χ3n) is 3.07. The number of anilines is 1. The summed E-state index contributed by atoms with van der Waals surface area (Å²) in [6.07, 6.45) is 0. The summed E-state index contributed by atoms with van der Waals surface area (Å²) < 4.78 is 31.8. The fourth-order valence-electron chi connectivity index (χ4n) is 1.83. The summed E-state index contributed by atoms with van der Waals surface area (Å²) in [7, 11) is -2.69. The zero-order valence-corrected chi connectivity index (χ0v) is 14.6. The van der Waals surface area contributed by atoms with Gasteiger partial charge in [-0.15, -0.1) is 0 Å². The topological polar surface area (TPSA) is 72.5 Å². The minimum absolute atomic E-state index is 0.0846. The Morgan fingerprint density at radius 2 is 1.78 bits per heavy atom. The Morgan fingerprint density at radius 3 is 2.35 bits per heavy atom. The molecule has 0 saturated heterocycles. The van der Waals surface area contributed by atoms with Gasteiger partial charge in [-0.3, -0.25) is 4.72 Å². The minimum Gasteiger partial charge on any atom is -0.465 e. The number of nitrogens with one attached hydrogen (secondary N) is 1. The average Bonchev–Trinajstić information content (AvgIpc) is 2.49. The Kier molecular flexibility index (Phi) is 5.19. The number of hydrogen-bond acceptors (Lipinski definition) is 4. The van der Waals surface area contributed by atoms with E-state index in [-0.39, 0.29) is 15.5 Å². The molecule has 0 fully saturated rings. The number of methoxy groups -OCH3 is 1. The maximum atomic E-state index is 12.4. The van der Waals surface area contributed by atoms with Crippen LogP contribution in [0.4, 0.5) is 5.69 Å². The largest absolute Gasteiger partial charge is 0.465 e. The SMILES string of the molecule is COC(=O)c1ccc(S(=O)(=O)Nc2ccc(C)c(Cl)c2)c(Cl)c1. The van der Waals surface area contributed by atoms with Crippen molar-refractivity contribution < 1.29 is 17.9 Å². The predicted octanol–water partition coefficient (Wildman–Crippen LogP) is 3.89. The van der Waals surface area contributed by atoms with Gasteiger partial charge >= 0.3 is 5.97 Å². The van der Waals surface area contributed by atoms with E-state index < -0.39 is 16.0 Å². The number of aryl methyl sites for hydroxylation is 1. The van der Waals surface area contributed by atoms with Crippen LogP contribution in [0.3, 0.4) is 0 Å². The van der Waals surface area contributed by atoms with Crippen molar-refractivity contribution in [1.82, 2.24) is 0 Å². The Balaban J connectivity index is 2.36. The van der Waals surface area contributed by atoms with E-state index in [0.29, 0.717) is 10.7 Å². The highest BCUT2D eigenvalue weighted by Gasteiger charge is 2.20. The van der Waals surface area contributed by atoms with Crippen molar-refractivity contribution in [2.45, 2.75) is 11.8 Å². The van der Waals surface area contributed by atoms with Crippen LogP contribution in [-0.2, 0) is 14.8 Å². The lowest BCUT2D eigenvalue weighted by Crippen LogP contribution is -2.14. The maximum Gasteiger partial charge on any atom is 0.337 e. The van der Waals surface area contributed by atoms with Crippen LogP contribution in [0.15, 0.2) is 41.3 Å². The Labute approximate surface area is 144 Å². The summed E-state index contributed by atoms with van der Waals surface area (Å²) in [5.41, 5.74) is 1.30. The summed E-state index contributed by atoms with van der Waals surface area (Å²) in [6, 6.07) is 8.61. The molecule has 0 aromatic heterocycles. The molecule has 5 nitrogen and oxygen atoms in total. The van der Waals surface area contributed by atoms with Gasteiger partial charge in [-0.1, -0.05) is 29.3 Å². The van der Waals surface area contributed by atoms with Crippen LogP contribution in [0, 0.1) is 6.92 Å². The molecule has 0 unspecified atom stereocenters. The van der Waals surface area contributed by atoms with Crippen molar-refractivity contribution in [3.8, 4) is 0 Å². The molecule has 8 heteroatoms. The van der Waals surface area contributed by atoms with Gasteiger partial charge in [-0.2, -0.15) is 0 Å². The van der Waals surface area contributed by atoms with E-state index in [9.17, 15) is 13.2 Å². The van der Waals surface area contributed by atoms with Gasteiger partial charge in [-0.25, -0.2) is 13.2 Å². The molecule has 122 valence electrons. The third-order valence-corrected chi connectivity index (χ3v) is 5.34. The molecule has 0 aliphatic carbocycles. The highest BCUT2D eigenvalue weighted by atomic mass is 35.5. The highest BCUT2D eigenvalue weighted by molar-refractivity contribution is 7.92. The number of benzene rings is 2. The van der Waals surface area contributed by atoms with Gasteiger partial charge in [0.25, 0.3) is 10.0 Å². The molecule has 0 radical (unpaired) electrons. The van der Waals surface area contributed by atoms with Gasteiger partial charge in [0, 0.05) is 5.02 Å². The second-order valence-corrected chi connectivity index (χ2v) is 7.17. The monoisotopic (exact) mass is 373 g/mol. The van der Waals surface area contributed by atoms with Crippen LogP contribution >= 0.6 is 23.2 Å². The van der Waals surface area contributed by atoms with Crippen LogP contribution in [0.2, 0.25) is 10.0 Å². The van der Waals surface area contributed by atoms with Gasteiger partial charge in [0.1, 0.15) is 4.90 Å². The number of sulfonamides is 1. The van der Waals surface area contributed by atoms with Crippen LogP contribution in [0.25, 0.3) is 0 Å². The van der Waals surface area contributed by atoms with Crippen molar-refractivity contribution in [2.24, 2.45) is 0 Å². The number of halogens is 2. The third kappa shape index (κ3) is 3.96. The first-order chi connectivity index (χ1) is 10.7. The molecular weight excluding hydrogens is 361 g/mol. The standard InChI is InChI=1S/C15H13Cl2NO4S/c1-9-3-5-11(8-12(9)16)18-23(20,21)14-6-4-10(7-13(14)17)15(19)22-2/h3-8,18H,1-2H3. The Hall–Kier alpha value is -1.76. The zero-order chi connectivity index (χ0) is 17.2. The summed E-state index contributed by atoms with van der Waals surface area (Å²) in [5.74, 6) is -0.603. The molecule has 0 bridgehead atoms. The van der Waals surface area contributed by atoms with Crippen molar-refractivity contribution in [3.63, 3.8) is 0 Å². The number of ether oxygens (including phenoxy) is 1. The number of hydrogen-bond donors (Lipinski definition) is 1. The fraction of sp³-hybridized carbons (Fsp3) is 0.133. The first-order valence-corrected chi connectivity index (χ1v) is 8.65. The predicted molar refractivity (Wildman–Crippen MR) is 89.8 cm³/mol. The molecule has 0 atom stereocenters. The molecule has 2 rings (SSSR count). The van der Waals surface area contributed by atoms with Crippen molar-refractivity contribution in [3.05, 3.63) is 57.6 Å². The molecule has 0 saturated carbocycles. The zero-order valence-electron chi connectivity index (χ0n) is 12.3. The lowest BCUT2D eigenvalue weighted by atomic mass is 10.2. The van der Waals surface area contributed by atoms with E-state index in [4.69, 9.17) is 23.2 Å². The number of carbonyl (C=O) groups is 1. The van der Waals surface area contributed by atoms with Gasteiger partial charge < -0.3 is 4.74 Å². The first kappa shape index (κ1) is 17.6. The lowest BCUT2D eigenvalue weighted by Gasteiger charge is -2.11. The summed E-state index contributed by atoms with van der Waals surface area (Å²) in [6.45, 7) is 1.81. The van der Waals surface area contributed by atoms with Crippen LogP contribution in [0.1, 0.15) is 15.9 Å². The molecule has 0 aliphatic rings. The molecule has 23 heavy (non-hydrogen) atoms. The van der Waals surface area contributed by atoms with E-state index in [1.165, 1.54) is 31.4 Å². The number of esters is 1. The normalized spacial score (nSPS) is 11.1. The van der Waals surface area contributed by atoms with Crippen molar-refractivity contribution >= 4 is 44.9 Å². The van der Waals surface area contributed by atoms with E-state index >= 15 is 0 Å². The number of carbonyl (C=O) groups excluding carboxylic acids is 1. The van der Waals surface area contributed by atoms with Gasteiger partial charge in [0.05, 0.1) is 23.4 Å². The van der Waals surface area contributed by atoms with Crippen LogP contribution in [-0.4, -0.2) is 21.5 Å². The highest BCUT2D eigenvalue weighted by Crippen LogP contribution is 2.27. The summed E-state index contributed by atoms with van der Waals surface area (Å²) >= 11 is 12.0.